The Hall–Kier alpha value is -2.20. The van der Waals surface area contributed by atoms with Crippen molar-refractivity contribution in [3.8, 4) is 23.0 Å². The molecule has 2 aromatic carbocycles. The zero-order valence-corrected chi connectivity index (χ0v) is 10.8. The van der Waals surface area contributed by atoms with E-state index in [1.165, 1.54) is 12.1 Å². The third-order valence-electron chi connectivity index (χ3n) is 2.87. The van der Waals surface area contributed by atoms with Gasteiger partial charge in [-0.3, -0.25) is 0 Å². The first-order valence-electron chi connectivity index (χ1n) is 5.63. The number of benzene rings is 2. The van der Waals surface area contributed by atoms with E-state index in [4.69, 9.17) is 16.0 Å². The van der Waals surface area contributed by atoms with Crippen molar-refractivity contribution < 1.29 is 14.6 Å². The smallest absolute Gasteiger partial charge is 0.227 e. The second-order valence-electron chi connectivity index (χ2n) is 4.29. The van der Waals surface area contributed by atoms with Crippen LogP contribution < -0.4 is 0 Å². The predicted octanol–water partition coefficient (Wildman–Crippen LogP) is 3.87. The number of oxazole rings is 1. The van der Waals surface area contributed by atoms with Gasteiger partial charge in [0.1, 0.15) is 17.0 Å². The van der Waals surface area contributed by atoms with Crippen LogP contribution in [0.2, 0.25) is 5.02 Å². The summed E-state index contributed by atoms with van der Waals surface area (Å²) in [5, 5.41) is 19.2. The minimum absolute atomic E-state index is 0.0302. The van der Waals surface area contributed by atoms with E-state index in [1.54, 1.807) is 18.2 Å². The molecule has 3 aromatic rings. The van der Waals surface area contributed by atoms with E-state index >= 15 is 0 Å². The van der Waals surface area contributed by atoms with Crippen molar-refractivity contribution in [2.24, 2.45) is 0 Å². The van der Waals surface area contributed by atoms with Crippen LogP contribution in [0.4, 0.5) is 0 Å². The van der Waals surface area contributed by atoms with E-state index < -0.39 is 0 Å². The van der Waals surface area contributed by atoms with Crippen LogP contribution in [-0.4, -0.2) is 15.2 Å². The summed E-state index contributed by atoms with van der Waals surface area (Å²) in [7, 11) is 0. The Balaban J connectivity index is 2.23. The fourth-order valence-corrected chi connectivity index (χ4v) is 2.23. The number of aryl methyl sites for hydroxylation is 1. The van der Waals surface area contributed by atoms with Gasteiger partial charge in [-0.15, -0.1) is 0 Å². The SMILES string of the molecule is Cc1cc(O)ccc1-c1nc2c(Cl)cc(O)cc2o1. The van der Waals surface area contributed by atoms with Crippen LogP contribution >= 0.6 is 11.6 Å². The van der Waals surface area contributed by atoms with Gasteiger partial charge in [0.05, 0.1) is 5.02 Å². The van der Waals surface area contributed by atoms with Gasteiger partial charge in [-0.1, -0.05) is 11.6 Å². The lowest BCUT2D eigenvalue weighted by Gasteiger charge is -2.01. The molecule has 0 unspecified atom stereocenters. The maximum atomic E-state index is 9.48. The molecule has 0 aliphatic carbocycles. The van der Waals surface area contributed by atoms with Gasteiger partial charge in [0.25, 0.3) is 0 Å². The first-order chi connectivity index (χ1) is 9.04. The summed E-state index contributed by atoms with van der Waals surface area (Å²) in [5.41, 5.74) is 2.53. The molecule has 0 saturated carbocycles. The van der Waals surface area contributed by atoms with Crippen molar-refractivity contribution >= 4 is 22.7 Å². The molecule has 0 atom stereocenters. The van der Waals surface area contributed by atoms with Gasteiger partial charge in [0, 0.05) is 17.7 Å². The number of rotatable bonds is 1. The van der Waals surface area contributed by atoms with Crippen molar-refractivity contribution in [2.45, 2.75) is 6.92 Å². The Morgan fingerprint density at radius 1 is 1.11 bits per heavy atom. The van der Waals surface area contributed by atoms with Crippen LogP contribution in [0.1, 0.15) is 5.56 Å². The maximum Gasteiger partial charge on any atom is 0.227 e. The van der Waals surface area contributed by atoms with Crippen molar-refractivity contribution in [3.05, 3.63) is 40.9 Å². The molecule has 0 aliphatic heterocycles. The normalized spacial score (nSPS) is 11.1. The van der Waals surface area contributed by atoms with Crippen LogP contribution in [0.25, 0.3) is 22.6 Å². The van der Waals surface area contributed by atoms with Gasteiger partial charge in [-0.05, 0) is 30.7 Å². The Morgan fingerprint density at radius 2 is 1.89 bits per heavy atom. The van der Waals surface area contributed by atoms with Crippen molar-refractivity contribution in [2.75, 3.05) is 0 Å². The van der Waals surface area contributed by atoms with Crippen molar-refractivity contribution in [1.82, 2.24) is 4.98 Å². The van der Waals surface area contributed by atoms with Crippen molar-refractivity contribution in [3.63, 3.8) is 0 Å². The highest BCUT2D eigenvalue weighted by atomic mass is 35.5. The van der Waals surface area contributed by atoms with Crippen LogP contribution in [-0.2, 0) is 0 Å². The van der Waals surface area contributed by atoms with E-state index in [1.807, 2.05) is 6.92 Å². The summed E-state index contributed by atoms with van der Waals surface area (Å²) >= 11 is 6.01. The number of aromatic hydroxyl groups is 2. The number of nitrogens with zero attached hydrogens (tertiary/aromatic N) is 1. The van der Waals surface area contributed by atoms with Crippen LogP contribution in [0.3, 0.4) is 0 Å². The van der Waals surface area contributed by atoms with E-state index in [-0.39, 0.29) is 11.5 Å². The lowest BCUT2D eigenvalue weighted by molar-refractivity contribution is 0.474. The predicted molar refractivity (Wildman–Crippen MR) is 72.5 cm³/mol. The number of fused-ring (bicyclic) bond motifs is 1. The molecule has 1 aromatic heterocycles. The van der Waals surface area contributed by atoms with Gasteiger partial charge >= 0.3 is 0 Å². The van der Waals surface area contributed by atoms with Crippen molar-refractivity contribution in [1.29, 1.82) is 0 Å². The minimum Gasteiger partial charge on any atom is -0.508 e. The highest BCUT2D eigenvalue weighted by Crippen LogP contribution is 2.33. The number of hydrogen-bond donors (Lipinski definition) is 2. The molecule has 1 heterocycles. The minimum atomic E-state index is 0.0302. The molecule has 2 N–H and O–H groups in total. The molecule has 0 fully saturated rings. The number of hydrogen-bond acceptors (Lipinski definition) is 4. The highest BCUT2D eigenvalue weighted by Gasteiger charge is 2.14. The van der Waals surface area contributed by atoms with Gasteiger partial charge in [0.15, 0.2) is 5.58 Å². The molecule has 0 bridgehead atoms. The third kappa shape index (κ3) is 2.00. The Kier molecular flexibility index (Phi) is 2.61. The van der Waals surface area contributed by atoms with E-state index in [9.17, 15) is 10.2 Å². The molecular formula is C14H10ClNO3. The second-order valence-corrected chi connectivity index (χ2v) is 4.70. The molecule has 0 spiro atoms. The molecule has 0 amide bonds. The average molecular weight is 276 g/mol. The van der Waals surface area contributed by atoms with Gasteiger partial charge in [-0.2, -0.15) is 0 Å². The first kappa shape index (κ1) is 11.9. The van der Waals surface area contributed by atoms with Gasteiger partial charge < -0.3 is 14.6 Å². The zero-order valence-electron chi connectivity index (χ0n) is 10.0. The third-order valence-corrected chi connectivity index (χ3v) is 3.16. The fourth-order valence-electron chi connectivity index (χ4n) is 1.98. The summed E-state index contributed by atoms with van der Waals surface area (Å²) in [6.07, 6.45) is 0. The average Bonchev–Trinajstić information content (AvgIpc) is 2.72. The molecule has 3 rings (SSSR count). The molecule has 4 nitrogen and oxygen atoms in total. The lowest BCUT2D eigenvalue weighted by atomic mass is 10.1. The molecule has 0 aliphatic rings. The topological polar surface area (TPSA) is 66.5 Å². The summed E-state index contributed by atoms with van der Waals surface area (Å²) in [5.74, 6) is 0.621. The Labute approximate surface area is 113 Å². The zero-order chi connectivity index (χ0) is 13.6. The van der Waals surface area contributed by atoms with Crippen LogP contribution in [0, 0.1) is 6.92 Å². The van der Waals surface area contributed by atoms with E-state index in [2.05, 4.69) is 4.98 Å². The second kappa shape index (κ2) is 4.17. The van der Waals surface area contributed by atoms with E-state index in [0.717, 1.165) is 11.1 Å². The summed E-state index contributed by atoms with van der Waals surface area (Å²) in [4.78, 5) is 4.32. The standard InChI is InChI=1S/C14H10ClNO3/c1-7-4-8(17)2-3-10(7)14-16-13-11(15)5-9(18)6-12(13)19-14/h2-6,17-18H,1H3. The Bertz CT molecular complexity index is 780. The number of phenolic OH excluding ortho intramolecular Hbond substituents is 2. The summed E-state index contributed by atoms with van der Waals surface area (Å²) < 4.78 is 5.60. The molecular weight excluding hydrogens is 266 g/mol. The molecule has 0 saturated heterocycles. The summed E-state index contributed by atoms with van der Waals surface area (Å²) in [6.45, 7) is 1.85. The van der Waals surface area contributed by atoms with Gasteiger partial charge in [-0.25, -0.2) is 4.98 Å². The largest absolute Gasteiger partial charge is 0.508 e. The molecule has 96 valence electrons. The van der Waals surface area contributed by atoms with Crippen LogP contribution in [0.15, 0.2) is 34.7 Å². The van der Waals surface area contributed by atoms with E-state index in [0.29, 0.717) is 22.0 Å². The van der Waals surface area contributed by atoms with Crippen LogP contribution in [0.5, 0.6) is 11.5 Å². The maximum absolute atomic E-state index is 9.48. The molecule has 19 heavy (non-hydrogen) atoms. The fraction of sp³-hybridized carbons (Fsp3) is 0.0714. The number of halogens is 1. The quantitative estimate of drug-likeness (QED) is 0.707. The molecule has 5 heteroatoms. The highest BCUT2D eigenvalue weighted by molar-refractivity contribution is 6.35. The van der Waals surface area contributed by atoms with Gasteiger partial charge in [0.2, 0.25) is 5.89 Å². The molecule has 0 radical (unpaired) electrons. The number of aromatic nitrogens is 1. The lowest BCUT2D eigenvalue weighted by Crippen LogP contribution is -1.82. The Morgan fingerprint density at radius 3 is 2.63 bits per heavy atom. The summed E-state index contributed by atoms with van der Waals surface area (Å²) in [6, 6.07) is 7.80. The monoisotopic (exact) mass is 275 g/mol. The first-order valence-corrected chi connectivity index (χ1v) is 6.01. The number of phenols is 2.